The summed E-state index contributed by atoms with van der Waals surface area (Å²) in [4.78, 5) is 6.42. The van der Waals surface area contributed by atoms with Crippen molar-refractivity contribution in [1.82, 2.24) is 9.88 Å². The molecule has 1 aromatic carbocycles. The van der Waals surface area contributed by atoms with Gasteiger partial charge in [-0.2, -0.15) is 0 Å². The van der Waals surface area contributed by atoms with Gasteiger partial charge in [0, 0.05) is 30.1 Å². The second kappa shape index (κ2) is 5.47. The largest absolute Gasteiger partial charge is 0.456 e. The molecule has 0 N–H and O–H groups in total. The minimum absolute atomic E-state index is 0.884. The summed E-state index contributed by atoms with van der Waals surface area (Å²) in [6, 6.07) is 10.1. The van der Waals surface area contributed by atoms with Gasteiger partial charge in [-0.15, -0.1) is 0 Å². The molecule has 0 fully saturated rings. The number of aromatic nitrogens is 1. The highest BCUT2D eigenvalue weighted by Gasteiger charge is 2.20. The molecule has 3 nitrogen and oxygen atoms in total. The normalized spacial score (nSPS) is 14.8. The molecule has 3 rings (SSSR count). The molecule has 0 saturated heterocycles. The smallest absolute Gasteiger partial charge is 0.138 e. The van der Waals surface area contributed by atoms with Gasteiger partial charge in [-0.1, -0.05) is 24.3 Å². The lowest BCUT2D eigenvalue weighted by atomic mass is 9.94. The lowest BCUT2D eigenvalue weighted by Gasteiger charge is -2.22. The third-order valence-electron chi connectivity index (χ3n) is 3.39. The number of pyridine rings is 1. The minimum Gasteiger partial charge on any atom is -0.456 e. The van der Waals surface area contributed by atoms with Crippen molar-refractivity contribution in [1.29, 1.82) is 0 Å². The van der Waals surface area contributed by atoms with Gasteiger partial charge in [0.25, 0.3) is 0 Å². The maximum Gasteiger partial charge on any atom is 0.138 e. The Balaban J connectivity index is 2.03. The molecule has 0 unspecified atom stereocenters. The molecule has 102 valence electrons. The first-order chi connectivity index (χ1) is 9.75. The van der Waals surface area contributed by atoms with Crippen LogP contribution < -0.4 is 4.74 Å². The summed E-state index contributed by atoms with van der Waals surface area (Å²) < 4.78 is 5.94. The Hall–Kier alpha value is -2.13. The van der Waals surface area contributed by atoms with Crippen LogP contribution in [0.3, 0.4) is 0 Å². The van der Waals surface area contributed by atoms with Crippen molar-refractivity contribution < 1.29 is 4.74 Å². The van der Waals surface area contributed by atoms with E-state index < -0.39 is 0 Å². The number of hydrogen-bond donors (Lipinski definition) is 0. The number of hydrogen-bond acceptors (Lipinski definition) is 3. The highest BCUT2D eigenvalue weighted by molar-refractivity contribution is 5.87. The van der Waals surface area contributed by atoms with Gasteiger partial charge in [0.05, 0.1) is 0 Å². The van der Waals surface area contributed by atoms with E-state index in [1.807, 2.05) is 30.5 Å². The van der Waals surface area contributed by atoms with Crippen LogP contribution in [0.1, 0.15) is 17.5 Å². The third-order valence-corrected chi connectivity index (χ3v) is 3.39. The Kier molecular flexibility index (Phi) is 3.52. The van der Waals surface area contributed by atoms with Crippen molar-refractivity contribution in [2.75, 3.05) is 20.6 Å². The van der Waals surface area contributed by atoms with E-state index in [4.69, 9.17) is 4.74 Å². The number of rotatable bonds is 3. The van der Waals surface area contributed by atoms with Gasteiger partial charge in [0.2, 0.25) is 0 Å². The molecule has 0 spiro atoms. The molecule has 2 heterocycles. The van der Waals surface area contributed by atoms with E-state index in [0.29, 0.717) is 0 Å². The van der Waals surface area contributed by atoms with Gasteiger partial charge in [0.15, 0.2) is 0 Å². The van der Waals surface area contributed by atoms with E-state index in [-0.39, 0.29) is 0 Å². The van der Waals surface area contributed by atoms with Gasteiger partial charge in [-0.05, 0) is 38.2 Å². The number of benzene rings is 1. The molecule has 0 saturated carbocycles. The van der Waals surface area contributed by atoms with Crippen molar-refractivity contribution in [3.8, 4) is 11.5 Å². The van der Waals surface area contributed by atoms with E-state index in [1.165, 1.54) is 5.57 Å². The van der Waals surface area contributed by atoms with Crippen LogP contribution in [0.4, 0.5) is 0 Å². The summed E-state index contributed by atoms with van der Waals surface area (Å²) in [5, 5.41) is 0. The van der Waals surface area contributed by atoms with Crippen molar-refractivity contribution in [2.45, 2.75) is 6.42 Å². The van der Waals surface area contributed by atoms with Crippen LogP contribution in [0.25, 0.3) is 5.57 Å². The molecule has 3 heteroatoms. The van der Waals surface area contributed by atoms with E-state index in [2.05, 4.69) is 36.1 Å². The predicted octanol–water partition coefficient (Wildman–Crippen LogP) is 3.57. The average Bonchev–Trinajstić information content (AvgIpc) is 2.46. The SMILES string of the molecule is CN(C)CC/C=C1/c2ccccc2Oc2ccncc21. The fraction of sp³-hybridized carbons (Fsp3) is 0.235. The first-order valence-corrected chi connectivity index (χ1v) is 6.82. The number of fused-ring (bicyclic) bond motifs is 2. The first-order valence-electron chi connectivity index (χ1n) is 6.82. The average molecular weight is 266 g/mol. The molecule has 0 aliphatic carbocycles. The number of para-hydroxylation sites is 1. The van der Waals surface area contributed by atoms with Gasteiger partial charge in [0.1, 0.15) is 11.5 Å². The van der Waals surface area contributed by atoms with Gasteiger partial charge < -0.3 is 9.64 Å². The van der Waals surface area contributed by atoms with Crippen LogP contribution >= 0.6 is 0 Å². The van der Waals surface area contributed by atoms with Crippen molar-refractivity contribution in [3.63, 3.8) is 0 Å². The lowest BCUT2D eigenvalue weighted by Crippen LogP contribution is -2.12. The monoisotopic (exact) mass is 266 g/mol. The van der Waals surface area contributed by atoms with Crippen LogP contribution in [0.15, 0.2) is 48.8 Å². The van der Waals surface area contributed by atoms with Crippen LogP contribution in [-0.4, -0.2) is 30.5 Å². The van der Waals surface area contributed by atoms with E-state index in [0.717, 1.165) is 35.6 Å². The minimum atomic E-state index is 0.884. The fourth-order valence-electron chi connectivity index (χ4n) is 2.40. The molecular weight excluding hydrogens is 248 g/mol. The van der Waals surface area contributed by atoms with Crippen LogP contribution in [-0.2, 0) is 0 Å². The van der Waals surface area contributed by atoms with E-state index in [1.54, 1.807) is 6.20 Å². The quantitative estimate of drug-likeness (QED) is 0.724. The molecule has 1 aliphatic heterocycles. The van der Waals surface area contributed by atoms with E-state index in [9.17, 15) is 0 Å². The van der Waals surface area contributed by atoms with Crippen LogP contribution in [0.2, 0.25) is 0 Å². The summed E-state index contributed by atoms with van der Waals surface area (Å²) in [7, 11) is 4.18. The first kappa shape index (κ1) is 12.9. The second-order valence-corrected chi connectivity index (χ2v) is 5.18. The predicted molar refractivity (Wildman–Crippen MR) is 81.0 cm³/mol. The summed E-state index contributed by atoms with van der Waals surface area (Å²) in [6.07, 6.45) is 6.93. The Bertz CT molecular complexity index is 599. The maximum absolute atomic E-state index is 5.94. The second-order valence-electron chi connectivity index (χ2n) is 5.18. The Labute approximate surface area is 119 Å². The van der Waals surface area contributed by atoms with Crippen LogP contribution in [0, 0.1) is 0 Å². The summed E-state index contributed by atoms with van der Waals surface area (Å²) in [5.41, 5.74) is 3.44. The molecule has 1 aromatic heterocycles. The number of ether oxygens (including phenoxy) is 1. The standard InChI is InChI=1S/C17H18N2O/c1-19(2)11-5-7-13-14-6-3-4-8-16(14)20-17-9-10-18-12-15(13)17/h3-4,6-10,12H,5,11H2,1-2H3/b13-7-. The molecular formula is C17H18N2O. The van der Waals surface area contributed by atoms with Gasteiger partial charge >= 0.3 is 0 Å². The maximum atomic E-state index is 5.94. The molecule has 0 bridgehead atoms. The van der Waals surface area contributed by atoms with Crippen LogP contribution in [0.5, 0.6) is 11.5 Å². The van der Waals surface area contributed by atoms with Crippen molar-refractivity contribution in [3.05, 3.63) is 59.9 Å². The van der Waals surface area contributed by atoms with Crippen molar-refractivity contribution >= 4 is 5.57 Å². The Morgan fingerprint density at radius 3 is 2.75 bits per heavy atom. The molecule has 20 heavy (non-hydrogen) atoms. The molecule has 2 aromatic rings. The molecule has 1 aliphatic rings. The molecule has 0 atom stereocenters. The van der Waals surface area contributed by atoms with Gasteiger partial charge in [-0.3, -0.25) is 4.98 Å². The lowest BCUT2D eigenvalue weighted by molar-refractivity contribution is 0.417. The zero-order chi connectivity index (χ0) is 13.9. The van der Waals surface area contributed by atoms with Crippen molar-refractivity contribution in [2.24, 2.45) is 0 Å². The Morgan fingerprint density at radius 1 is 1.10 bits per heavy atom. The molecule has 0 radical (unpaired) electrons. The van der Waals surface area contributed by atoms with E-state index >= 15 is 0 Å². The Morgan fingerprint density at radius 2 is 1.90 bits per heavy atom. The molecule has 0 amide bonds. The zero-order valence-electron chi connectivity index (χ0n) is 11.8. The fourth-order valence-corrected chi connectivity index (χ4v) is 2.40. The summed E-state index contributed by atoms with van der Waals surface area (Å²) >= 11 is 0. The number of nitrogens with zero attached hydrogens (tertiary/aromatic N) is 2. The highest BCUT2D eigenvalue weighted by atomic mass is 16.5. The third kappa shape index (κ3) is 2.45. The summed E-state index contributed by atoms with van der Waals surface area (Å²) in [6.45, 7) is 1.03. The topological polar surface area (TPSA) is 25.4 Å². The van der Waals surface area contributed by atoms with Gasteiger partial charge in [-0.25, -0.2) is 0 Å². The highest BCUT2D eigenvalue weighted by Crippen LogP contribution is 2.42. The zero-order valence-corrected chi connectivity index (χ0v) is 11.8. The summed E-state index contributed by atoms with van der Waals surface area (Å²) in [5.74, 6) is 1.80.